The number of amides is 1. The molecule has 1 aliphatic heterocycles. The maximum absolute atomic E-state index is 11.6. The predicted octanol–water partition coefficient (Wildman–Crippen LogP) is 2.37. The zero-order valence-electron chi connectivity index (χ0n) is 9.40. The Hall–Kier alpha value is -1.67. The number of nitriles is 1. The van der Waals surface area contributed by atoms with Crippen molar-refractivity contribution in [1.82, 2.24) is 5.32 Å². The van der Waals surface area contributed by atoms with Gasteiger partial charge in [0.2, 0.25) is 5.91 Å². The molecule has 2 rings (SSSR count). The molecule has 1 aromatic rings. The molecule has 2 heterocycles. The average Bonchev–Trinajstić information content (AvgIpc) is 2.82. The van der Waals surface area contributed by atoms with Gasteiger partial charge in [-0.25, -0.2) is 0 Å². The van der Waals surface area contributed by atoms with E-state index in [-0.39, 0.29) is 18.2 Å². The van der Waals surface area contributed by atoms with Crippen molar-refractivity contribution < 1.29 is 9.21 Å². The Balaban J connectivity index is 2.40. The van der Waals surface area contributed by atoms with E-state index < -0.39 is 0 Å². The Morgan fingerprint density at radius 2 is 2.53 bits per heavy atom. The fraction of sp³-hybridized carbons (Fsp3) is 0.333. The van der Waals surface area contributed by atoms with Crippen LogP contribution in [0.5, 0.6) is 0 Å². The lowest BCUT2D eigenvalue weighted by Gasteiger charge is -2.22. The first-order valence-corrected chi connectivity index (χ1v) is 6.35. The second-order valence-corrected chi connectivity index (χ2v) is 4.88. The number of hydrogen-bond acceptors (Lipinski definition) is 4. The van der Waals surface area contributed by atoms with Gasteiger partial charge in [-0.1, -0.05) is 6.92 Å². The van der Waals surface area contributed by atoms with E-state index in [2.05, 4.69) is 11.4 Å². The van der Waals surface area contributed by atoms with E-state index >= 15 is 0 Å². The Kier molecular flexibility index (Phi) is 3.55. The molecule has 1 aliphatic rings. The van der Waals surface area contributed by atoms with E-state index in [0.29, 0.717) is 16.4 Å². The molecule has 1 amide bonds. The summed E-state index contributed by atoms with van der Waals surface area (Å²) in [5.74, 6) is 1.16. The van der Waals surface area contributed by atoms with Crippen LogP contribution in [0.1, 0.15) is 25.0 Å². The summed E-state index contributed by atoms with van der Waals surface area (Å²) in [5, 5.41) is 12.6. The SMILES string of the molecule is CCSC1=C(C#N)[C@@H](c2ccco2)CC(=O)N1. The standard InChI is InChI=1S/C12H12N2O2S/c1-2-17-12-9(7-13)8(6-11(15)14-12)10-4-3-5-16-10/h3-5,8H,2,6H2,1H3,(H,14,15)/t8-/m0/s1. The van der Waals surface area contributed by atoms with Crippen LogP contribution in [0.15, 0.2) is 33.4 Å². The van der Waals surface area contributed by atoms with Crippen LogP contribution >= 0.6 is 11.8 Å². The van der Waals surface area contributed by atoms with Gasteiger partial charge >= 0.3 is 0 Å². The third-order valence-electron chi connectivity index (χ3n) is 2.53. The minimum absolute atomic E-state index is 0.0682. The van der Waals surface area contributed by atoms with Gasteiger partial charge in [0.1, 0.15) is 5.76 Å². The molecule has 5 heteroatoms. The van der Waals surface area contributed by atoms with Crippen molar-refractivity contribution in [2.75, 3.05) is 5.75 Å². The fourth-order valence-electron chi connectivity index (χ4n) is 1.81. The van der Waals surface area contributed by atoms with Crippen LogP contribution in [0.2, 0.25) is 0 Å². The molecular formula is C12H12N2O2S. The third-order valence-corrected chi connectivity index (χ3v) is 3.43. The van der Waals surface area contributed by atoms with Gasteiger partial charge in [-0.05, 0) is 17.9 Å². The molecule has 0 bridgehead atoms. The number of carbonyl (C=O) groups excluding carboxylic acids is 1. The highest BCUT2D eigenvalue weighted by Gasteiger charge is 2.30. The second kappa shape index (κ2) is 5.11. The van der Waals surface area contributed by atoms with Crippen LogP contribution in [-0.2, 0) is 4.79 Å². The number of furan rings is 1. The molecule has 0 fully saturated rings. The summed E-state index contributed by atoms with van der Waals surface area (Å²) in [4.78, 5) is 11.6. The van der Waals surface area contributed by atoms with E-state index in [0.717, 1.165) is 5.75 Å². The number of nitrogens with one attached hydrogen (secondary N) is 1. The van der Waals surface area contributed by atoms with E-state index in [4.69, 9.17) is 4.42 Å². The largest absolute Gasteiger partial charge is 0.469 e. The first-order valence-electron chi connectivity index (χ1n) is 5.36. The maximum atomic E-state index is 11.6. The molecule has 0 aromatic carbocycles. The predicted molar refractivity (Wildman–Crippen MR) is 65.0 cm³/mol. The van der Waals surface area contributed by atoms with E-state index in [9.17, 15) is 10.1 Å². The molecule has 0 unspecified atom stereocenters. The van der Waals surface area contributed by atoms with Crippen LogP contribution in [0.4, 0.5) is 0 Å². The normalized spacial score (nSPS) is 20.0. The van der Waals surface area contributed by atoms with Crippen molar-refractivity contribution in [3.8, 4) is 6.07 Å². The van der Waals surface area contributed by atoms with Gasteiger partial charge in [0.05, 0.1) is 28.9 Å². The quantitative estimate of drug-likeness (QED) is 0.891. The molecule has 88 valence electrons. The molecule has 0 aliphatic carbocycles. The fourth-order valence-corrected chi connectivity index (χ4v) is 2.63. The lowest BCUT2D eigenvalue weighted by molar-refractivity contribution is -0.120. The minimum Gasteiger partial charge on any atom is -0.469 e. The van der Waals surface area contributed by atoms with E-state index in [1.165, 1.54) is 11.8 Å². The molecule has 17 heavy (non-hydrogen) atoms. The molecule has 1 aromatic heterocycles. The second-order valence-electron chi connectivity index (χ2n) is 3.61. The molecule has 1 atom stereocenters. The monoisotopic (exact) mass is 248 g/mol. The average molecular weight is 248 g/mol. The number of rotatable bonds is 3. The van der Waals surface area contributed by atoms with Crippen molar-refractivity contribution in [2.45, 2.75) is 19.3 Å². The van der Waals surface area contributed by atoms with Crippen LogP contribution in [0.3, 0.4) is 0 Å². The van der Waals surface area contributed by atoms with Crippen LogP contribution in [0, 0.1) is 11.3 Å². The van der Waals surface area contributed by atoms with E-state index in [1.807, 2.05) is 6.92 Å². The zero-order valence-corrected chi connectivity index (χ0v) is 10.2. The minimum atomic E-state index is -0.252. The number of hydrogen-bond donors (Lipinski definition) is 1. The third kappa shape index (κ3) is 2.37. The molecule has 0 radical (unpaired) electrons. The van der Waals surface area contributed by atoms with Gasteiger partial charge in [0.15, 0.2) is 0 Å². The first kappa shape index (κ1) is 11.8. The van der Waals surface area contributed by atoms with Crippen molar-refractivity contribution in [3.63, 3.8) is 0 Å². The Morgan fingerprint density at radius 1 is 1.71 bits per heavy atom. The zero-order chi connectivity index (χ0) is 12.3. The lowest BCUT2D eigenvalue weighted by Crippen LogP contribution is -2.30. The summed E-state index contributed by atoms with van der Waals surface area (Å²) in [6.45, 7) is 1.98. The number of carbonyl (C=O) groups is 1. The molecule has 4 nitrogen and oxygen atoms in total. The smallest absolute Gasteiger partial charge is 0.225 e. The summed E-state index contributed by atoms with van der Waals surface area (Å²) < 4.78 is 5.31. The maximum Gasteiger partial charge on any atom is 0.225 e. The highest BCUT2D eigenvalue weighted by atomic mass is 32.2. The molecular weight excluding hydrogens is 236 g/mol. The van der Waals surface area contributed by atoms with Crippen LogP contribution in [-0.4, -0.2) is 11.7 Å². The topological polar surface area (TPSA) is 66.0 Å². The summed E-state index contributed by atoms with van der Waals surface area (Å²) in [6.07, 6.45) is 1.83. The Labute approximate surface area is 104 Å². The van der Waals surface area contributed by atoms with Gasteiger partial charge in [0.25, 0.3) is 0 Å². The van der Waals surface area contributed by atoms with Gasteiger partial charge < -0.3 is 9.73 Å². The van der Waals surface area contributed by atoms with Crippen molar-refractivity contribution in [1.29, 1.82) is 5.26 Å². The van der Waals surface area contributed by atoms with Crippen molar-refractivity contribution in [3.05, 3.63) is 34.8 Å². The Bertz CT molecular complexity index is 485. The molecule has 0 spiro atoms. The van der Waals surface area contributed by atoms with Crippen molar-refractivity contribution >= 4 is 17.7 Å². The van der Waals surface area contributed by atoms with E-state index in [1.54, 1.807) is 18.4 Å². The summed E-state index contributed by atoms with van der Waals surface area (Å²) >= 11 is 1.47. The molecule has 1 N–H and O–H groups in total. The van der Waals surface area contributed by atoms with Gasteiger partial charge in [-0.2, -0.15) is 5.26 Å². The number of thioether (sulfide) groups is 1. The summed E-state index contributed by atoms with van der Waals surface area (Å²) in [7, 11) is 0. The van der Waals surface area contributed by atoms with Crippen molar-refractivity contribution in [2.24, 2.45) is 0 Å². The Morgan fingerprint density at radius 3 is 3.12 bits per heavy atom. The van der Waals surface area contributed by atoms with Crippen LogP contribution in [0.25, 0.3) is 0 Å². The first-order chi connectivity index (χ1) is 8.26. The van der Waals surface area contributed by atoms with Gasteiger partial charge in [0, 0.05) is 6.42 Å². The molecule has 0 saturated carbocycles. The van der Waals surface area contributed by atoms with Gasteiger partial charge in [-0.15, -0.1) is 11.8 Å². The summed E-state index contributed by atoms with van der Waals surface area (Å²) in [5.41, 5.74) is 0.589. The van der Waals surface area contributed by atoms with Gasteiger partial charge in [-0.3, -0.25) is 4.79 Å². The van der Waals surface area contributed by atoms with Crippen LogP contribution < -0.4 is 5.32 Å². The highest BCUT2D eigenvalue weighted by molar-refractivity contribution is 8.03. The highest BCUT2D eigenvalue weighted by Crippen LogP contribution is 2.35. The summed E-state index contributed by atoms with van der Waals surface area (Å²) in [6, 6.07) is 5.75. The molecule has 0 saturated heterocycles. The number of nitrogens with zero attached hydrogens (tertiary/aromatic N) is 1. The lowest BCUT2D eigenvalue weighted by atomic mass is 9.92. The number of allylic oxidation sites excluding steroid dienone is 1.